The third-order valence-electron chi connectivity index (χ3n) is 2.55. The van der Waals surface area contributed by atoms with Crippen LogP contribution in [0.5, 0.6) is 0 Å². The van der Waals surface area contributed by atoms with Gasteiger partial charge in [-0.3, -0.25) is 4.98 Å². The molecule has 0 aliphatic heterocycles. The molecule has 13 heavy (non-hydrogen) atoms. The van der Waals surface area contributed by atoms with Gasteiger partial charge in [0.1, 0.15) is 0 Å². The molecule has 1 saturated carbocycles. The van der Waals surface area contributed by atoms with Crippen molar-refractivity contribution in [1.82, 2.24) is 4.98 Å². The van der Waals surface area contributed by atoms with E-state index in [4.69, 9.17) is 5.11 Å². The van der Waals surface area contributed by atoms with E-state index in [9.17, 15) is 4.79 Å². The Morgan fingerprint density at radius 3 is 2.85 bits per heavy atom. The molecule has 0 amide bonds. The number of rotatable bonds is 2. The Hall–Kier alpha value is -1.38. The summed E-state index contributed by atoms with van der Waals surface area (Å²) in [6, 6.07) is 3.22. The first kappa shape index (κ1) is 8.23. The van der Waals surface area contributed by atoms with Gasteiger partial charge in [0.05, 0.1) is 5.56 Å². The molecule has 3 nitrogen and oxygen atoms in total. The lowest BCUT2D eigenvalue weighted by molar-refractivity contribution is 0.0696. The maximum Gasteiger partial charge on any atom is 0.335 e. The van der Waals surface area contributed by atoms with E-state index < -0.39 is 5.97 Å². The number of aromatic nitrogens is 1. The average Bonchev–Trinajstić information content (AvgIpc) is 2.01. The summed E-state index contributed by atoms with van der Waals surface area (Å²) in [5.74, 6) is -0.373. The summed E-state index contributed by atoms with van der Waals surface area (Å²) >= 11 is 0. The molecule has 2 rings (SSSR count). The number of pyridine rings is 1. The smallest absolute Gasteiger partial charge is 0.335 e. The summed E-state index contributed by atoms with van der Waals surface area (Å²) in [7, 11) is 0. The maximum atomic E-state index is 10.7. The normalized spacial score (nSPS) is 16.6. The van der Waals surface area contributed by atoms with E-state index in [0.717, 1.165) is 18.5 Å². The second kappa shape index (κ2) is 3.17. The molecule has 1 fully saturated rings. The minimum atomic E-state index is -0.872. The minimum absolute atomic E-state index is 0.344. The van der Waals surface area contributed by atoms with Crippen LogP contribution in [-0.4, -0.2) is 16.1 Å². The number of aromatic carboxylic acids is 1. The lowest BCUT2D eigenvalue weighted by atomic mass is 9.82. The SMILES string of the molecule is O=C(O)c1ccnc(C2CCC2)c1. The van der Waals surface area contributed by atoms with Gasteiger partial charge < -0.3 is 5.11 Å². The molecule has 0 spiro atoms. The Balaban J connectivity index is 2.26. The van der Waals surface area contributed by atoms with Crippen molar-refractivity contribution < 1.29 is 9.90 Å². The van der Waals surface area contributed by atoms with E-state index in [1.54, 1.807) is 12.3 Å². The van der Waals surface area contributed by atoms with E-state index >= 15 is 0 Å². The van der Waals surface area contributed by atoms with Crippen LogP contribution < -0.4 is 0 Å². The van der Waals surface area contributed by atoms with Crippen LogP contribution in [0.4, 0.5) is 0 Å². The predicted molar refractivity (Wildman–Crippen MR) is 47.8 cm³/mol. The molecular formula is C10H11NO2. The van der Waals surface area contributed by atoms with Gasteiger partial charge in [-0.2, -0.15) is 0 Å². The Kier molecular flexibility index (Phi) is 2.00. The molecule has 0 unspecified atom stereocenters. The zero-order valence-electron chi connectivity index (χ0n) is 7.23. The van der Waals surface area contributed by atoms with Crippen LogP contribution in [0.2, 0.25) is 0 Å². The molecule has 1 aliphatic carbocycles. The molecule has 3 heteroatoms. The van der Waals surface area contributed by atoms with Crippen molar-refractivity contribution in [2.75, 3.05) is 0 Å². The fourth-order valence-electron chi connectivity index (χ4n) is 1.51. The molecule has 0 saturated heterocycles. The zero-order chi connectivity index (χ0) is 9.26. The highest BCUT2D eigenvalue weighted by Gasteiger charge is 2.21. The van der Waals surface area contributed by atoms with E-state index in [2.05, 4.69) is 4.98 Å². The number of carboxylic acid groups (broad SMARTS) is 1. The highest BCUT2D eigenvalue weighted by atomic mass is 16.4. The second-order valence-electron chi connectivity index (χ2n) is 3.40. The third-order valence-corrected chi connectivity index (χ3v) is 2.55. The number of nitrogens with zero attached hydrogens (tertiary/aromatic N) is 1. The lowest BCUT2D eigenvalue weighted by Gasteiger charge is -2.24. The van der Waals surface area contributed by atoms with Gasteiger partial charge in [0.25, 0.3) is 0 Å². The van der Waals surface area contributed by atoms with Crippen LogP contribution in [0, 0.1) is 0 Å². The topological polar surface area (TPSA) is 50.2 Å². The maximum absolute atomic E-state index is 10.7. The molecule has 1 heterocycles. The number of hydrogen-bond acceptors (Lipinski definition) is 2. The molecule has 1 aliphatic rings. The van der Waals surface area contributed by atoms with Crippen molar-refractivity contribution >= 4 is 5.97 Å². The number of hydrogen-bond donors (Lipinski definition) is 1. The van der Waals surface area contributed by atoms with Crippen molar-refractivity contribution in [2.24, 2.45) is 0 Å². The zero-order valence-corrected chi connectivity index (χ0v) is 7.23. The molecule has 0 aromatic carbocycles. The van der Waals surface area contributed by atoms with E-state index in [1.165, 1.54) is 12.5 Å². The number of carboxylic acids is 1. The molecule has 1 aromatic rings. The summed E-state index contributed by atoms with van der Waals surface area (Å²) < 4.78 is 0. The molecule has 0 atom stereocenters. The largest absolute Gasteiger partial charge is 0.478 e. The first-order chi connectivity index (χ1) is 6.27. The van der Waals surface area contributed by atoms with Crippen molar-refractivity contribution in [3.8, 4) is 0 Å². The van der Waals surface area contributed by atoms with E-state index in [-0.39, 0.29) is 0 Å². The summed E-state index contributed by atoms with van der Waals surface area (Å²) in [5, 5.41) is 8.75. The van der Waals surface area contributed by atoms with Gasteiger partial charge in [-0.1, -0.05) is 6.42 Å². The predicted octanol–water partition coefficient (Wildman–Crippen LogP) is 2.05. The molecular weight excluding hydrogens is 166 g/mol. The lowest BCUT2D eigenvalue weighted by Crippen LogP contribution is -2.11. The van der Waals surface area contributed by atoms with Crippen LogP contribution >= 0.6 is 0 Å². The van der Waals surface area contributed by atoms with Crippen molar-refractivity contribution in [1.29, 1.82) is 0 Å². The molecule has 0 bridgehead atoms. The molecule has 1 aromatic heterocycles. The Bertz CT molecular complexity index is 331. The van der Waals surface area contributed by atoms with Crippen LogP contribution in [0.25, 0.3) is 0 Å². The summed E-state index contributed by atoms with van der Waals surface area (Å²) in [4.78, 5) is 14.8. The van der Waals surface area contributed by atoms with Gasteiger partial charge in [0.2, 0.25) is 0 Å². The Morgan fingerprint density at radius 2 is 2.31 bits per heavy atom. The van der Waals surface area contributed by atoms with E-state index in [1.807, 2.05) is 0 Å². The van der Waals surface area contributed by atoms with Crippen LogP contribution in [-0.2, 0) is 0 Å². The van der Waals surface area contributed by atoms with Gasteiger partial charge in [0, 0.05) is 17.8 Å². The van der Waals surface area contributed by atoms with Crippen LogP contribution in [0.3, 0.4) is 0 Å². The Labute approximate surface area is 76.4 Å². The van der Waals surface area contributed by atoms with Crippen molar-refractivity contribution in [2.45, 2.75) is 25.2 Å². The minimum Gasteiger partial charge on any atom is -0.478 e. The quantitative estimate of drug-likeness (QED) is 0.752. The van der Waals surface area contributed by atoms with Crippen LogP contribution in [0.1, 0.15) is 41.2 Å². The van der Waals surface area contributed by atoms with E-state index in [0.29, 0.717) is 11.5 Å². The van der Waals surface area contributed by atoms with Gasteiger partial charge in [-0.05, 0) is 25.0 Å². The van der Waals surface area contributed by atoms with Gasteiger partial charge >= 0.3 is 5.97 Å². The highest BCUT2D eigenvalue weighted by molar-refractivity contribution is 5.87. The van der Waals surface area contributed by atoms with Crippen LogP contribution in [0.15, 0.2) is 18.3 Å². The molecule has 0 radical (unpaired) electrons. The highest BCUT2D eigenvalue weighted by Crippen LogP contribution is 2.35. The fraction of sp³-hybridized carbons (Fsp3) is 0.400. The monoisotopic (exact) mass is 177 g/mol. The molecule has 68 valence electrons. The van der Waals surface area contributed by atoms with Gasteiger partial charge in [-0.25, -0.2) is 4.79 Å². The van der Waals surface area contributed by atoms with Gasteiger partial charge in [0.15, 0.2) is 0 Å². The summed E-state index contributed by atoms with van der Waals surface area (Å²) in [6.07, 6.45) is 5.12. The second-order valence-corrected chi connectivity index (χ2v) is 3.40. The standard InChI is InChI=1S/C10H11NO2/c12-10(13)8-4-5-11-9(6-8)7-2-1-3-7/h4-7H,1-3H2,(H,12,13). The third kappa shape index (κ3) is 1.54. The van der Waals surface area contributed by atoms with Gasteiger partial charge in [-0.15, -0.1) is 0 Å². The van der Waals surface area contributed by atoms with Crippen molar-refractivity contribution in [3.63, 3.8) is 0 Å². The summed E-state index contributed by atoms with van der Waals surface area (Å²) in [6.45, 7) is 0. The molecule has 1 N–H and O–H groups in total. The average molecular weight is 177 g/mol. The van der Waals surface area contributed by atoms with Crippen molar-refractivity contribution in [3.05, 3.63) is 29.6 Å². The Morgan fingerprint density at radius 1 is 1.54 bits per heavy atom. The number of carbonyl (C=O) groups is 1. The fourth-order valence-corrected chi connectivity index (χ4v) is 1.51. The summed E-state index contributed by atoms with van der Waals surface area (Å²) in [5.41, 5.74) is 1.28. The first-order valence-corrected chi connectivity index (χ1v) is 4.46. The first-order valence-electron chi connectivity index (χ1n) is 4.46.